The first-order valence-electron chi connectivity index (χ1n) is 4.04. The molecule has 0 radical (unpaired) electrons. The Kier molecular flexibility index (Phi) is 2.53. The molecule has 0 aliphatic carbocycles. The van der Waals surface area contributed by atoms with Crippen LogP contribution in [0.5, 0.6) is 0 Å². The fraction of sp³-hybridized carbons (Fsp3) is 0.444. The molecule has 1 aliphatic rings. The number of allylic oxidation sites excluding steroid dienone is 2. The van der Waals surface area contributed by atoms with E-state index < -0.39 is 0 Å². The van der Waals surface area contributed by atoms with Crippen LogP contribution in [0.1, 0.15) is 13.8 Å². The summed E-state index contributed by atoms with van der Waals surface area (Å²) in [7, 11) is 0. The maximum Gasteiger partial charge on any atom is 0.148 e. The maximum absolute atomic E-state index is 4.29. The van der Waals surface area contributed by atoms with Gasteiger partial charge in [-0.3, -0.25) is 0 Å². The summed E-state index contributed by atoms with van der Waals surface area (Å²) in [5.74, 6) is 0. The summed E-state index contributed by atoms with van der Waals surface area (Å²) < 4.78 is 0. The van der Waals surface area contributed by atoms with E-state index in [-0.39, 0.29) is 5.66 Å². The van der Waals surface area contributed by atoms with Gasteiger partial charge in [0.05, 0.1) is 12.4 Å². The summed E-state index contributed by atoms with van der Waals surface area (Å²) >= 11 is 0. The van der Waals surface area contributed by atoms with E-state index in [1.807, 2.05) is 19.2 Å². The quantitative estimate of drug-likeness (QED) is 0.612. The minimum atomic E-state index is -0.223. The van der Waals surface area contributed by atoms with E-state index >= 15 is 0 Å². The fourth-order valence-corrected chi connectivity index (χ4v) is 1.00. The highest BCUT2D eigenvalue weighted by atomic mass is 15.2. The Morgan fingerprint density at radius 3 is 3.00 bits per heavy atom. The first-order valence-corrected chi connectivity index (χ1v) is 4.04. The van der Waals surface area contributed by atoms with Gasteiger partial charge in [-0.1, -0.05) is 12.7 Å². The Labute approximate surface area is 73.3 Å². The van der Waals surface area contributed by atoms with Crippen LogP contribution >= 0.6 is 0 Å². The van der Waals surface area contributed by atoms with Gasteiger partial charge in [-0.2, -0.15) is 0 Å². The lowest BCUT2D eigenvalue weighted by molar-refractivity contribution is 0.362. The number of aliphatic imine (C=N–C) groups is 1. The molecule has 3 heteroatoms. The third-order valence-electron chi connectivity index (χ3n) is 2.11. The van der Waals surface area contributed by atoms with Crippen LogP contribution in [0.15, 0.2) is 29.9 Å². The molecule has 1 rings (SSSR count). The van der Waals surface area contributed by atoms with Crippen molar-refractivity contribution < 1.29 is 0 Å². The second-order valence-electron chi connectivity index (χ2n) is 3.03. The van der Waals surface area contributed by atoms with E-state index in [1.54, 1.807) is 12.4 Å². The van der Waals surface area contributed by atoms with Gasteiger partial charge in [0, 0.05) is 0 Å². The molecule has 0 aromatic rings. The van der Waals surface area contributed by atoms with Crippen LogP contribution in [0, 0.1) is 0 Å². The highest BCUT2D eigenvalue weighted by Crippen LogP contribution is 2.14. The first kappa shape index (κ1) is 8.84. The highest BCUT2D eigenvalue weighted by Gasteiger charge is 2.31. The van der Waals surface area contributed by atoms with Crippen molar-refractivity contribution in [3.8, 4) is 0 Å². The van der Waals surface area contributed by atoms with Crippen LogP contribution in [-0.2, 0) is 0 Å². The van der Waals surface area contributed by atoms with E-state index in [2.05, 4.69) is 29.1 Å². The second-order valence-corrected chi connectivity index (χ2v) is 3.03. The molecule has 1 aliphatic heterocycles. The first-order chi connectivity index (χ1) is 5.69. The Hall–Kier alpha value is -1.25. The molecule has 2 N–H and O–H groups in total. The van der Waals surface area contributed by atoms with Crippen molar-refractivity contribution in [3.05, 3.63) is 24.9 Å². The van der Waals surface area contributed by atoms with E-state index in [4.69, 9.17) is 0 Å². The maximum atomic E-state index is 4.29. The predicted octanol–water partition coefficient (Wildman–Crippen LogP) is 1.01. The van der Waals surface area contributed by atoms with Gasteiger partial charge in [-0.05, 0) is 26.1 Å². The molecule has 66 valence electrons. The zero-order valence-corrected chi connectivity index (χ0v) is 7.54. The van der Waals surface area contributed by atoms with E-state index in [0.717, 1.165) is 0 Å². The minimum Gasteiger partial charge on any atom is -0.370 e. The molecule has 3 nitrogen and oxygen atoms in total. The Morgan fingerprint density at radius 1 is 1.75 bits per heavy atom. The van der Waals surface area contributed by atoms with Crippen LogP contribution in [0.25, 0.3) is 0 Å². The summed E-state index contributed by atoms with van der Waals surface area (Å²) in [5, 5.41) is 6.32. The molecule has 0 aromatic heterocycles. The predicted molar refractivity (Wildman–Crippen MR) is 52.0 cm³/mol. The molecule has 0 aromatic carbocycles. The van der Waals surface area contributed by atoms with Crippen LogP contribution in [0.3, 0.4) is 0 Å². The van der Waals surface area contributed by atoms with Crippen molar-refractivity contribution in [1.29, 1.82) is 0 Å². The third kappa shape index (κ3) is 1.67. The largest absolute Gasteiger partial charge is 0.370 e. The van der Waals surface area contributed by atoms with Crippen molar-refractivity contribution in [1.82, 2.24) is 10.6 Å². The van der Waals surface area contributed by atoms with Crippen molar-refractivity contribution in [2.24, 2.45) is 4.99 Å². The van der Waals surface area contributed by atoms with Crippen molar-refractivity contribution in [2.45, 2.75) is 25.6 Å². The van der Waals surface area contributed by atoms with Gasteiger partial charge in [0.25, 0.3) is 0 Å². The van der Waals surface area contributed by atoms with Gasteiger partial charge in [0.15, 0.2) is 0 Å². The molecule has 2 atom stereocenters. The minimum absolute atomic E-state index is 0.223. The Balaban J connectivity index is 2.54. The van der Waals surface area contributed by atoms with Crippen molar-refractivity contribution in [2.75, 3.05) is 0 Å². The average Bonchev–Trinajstić information content (AvgIpc) is 2.34. The average molecular weight is 165 g/mol. The number of hydrogen-bond donors (Lipinski definition) is 2. The molecule has 12 heavy (non-hydrogen) atoms. The van der Waals surface area contributed by atoms with Gasteiger partial charge < -0.3 is 10.6 Å². The van der Waals surface area contributed by atoms with Crippen LogP contribution in [-0.4, -0.2) is 18.0 Å². The van der Waals surface area contributed by atoms with Gasteiger partial charge in [-0.15, -0.1) is 0 Å². The number of nitrogens with zero attached hydrogens (tertiary/aromatic N) is 1. The summed E-state index contributed by atoms with van der Waals surface area (Å²) in [4.78, 5) is 4.29. The molecular formula is C9H15N3. The fourth-order valence-electron chi connectivity index (χ4n) is 1.00. The number of nitrogens with one attached hydrogen (secondary N) is 2. The summed E-state index contributed by atoms with van der Waals surface area (Å²) in [5.41, 5.74) is -0.223. The molecule has 0 amide bonds. The molecule has 1 unspecified atom stereocenters. The molecule has 0 bridgehead atoms. The number of rotatable bonds is 3. The molecular weight excluding hydrogens is 150 g/mol. The SMILES string of the molecule is C=C/C=C\NC1(C)N=CN[C@@H]1C. The van der Waals surface area contributed by atoms with Gasteiger partial charge in [-0.25, -0.2) is 4.99 Å². The lowest BCUT2D eigenvalue weighted by Gasteiger charge is -2.26. The van der Waals surface area contributed by atoms with E-state index in [9.17, 15) is 0 Å². The summed E-state index contributed by atoms with van der Waals surface area (Å²) in [6.07, 6.45) is 7.17. The molecule has 0 saturated carbocycles. The van der Waals surface area contributed by atoms with Gasteiger partial charge >= 0.3 is 0 Å². The van der Waals surface area contributed by atoms with E-state index in [1.165, 1.54) is 0 Å². The lowest BCUT2D eigenvalue weighted by atomic mass is 10.1. The van der Waals surface area contributed by atoms with Crippen LogP contribution < -0.4 is 10.6 Å². The Bertz CT molecular complexity index is 220. The second kappa shape index (κ2) is 3.43. The molecule has 0 spiro atoms. The van der Waals surface area contributed by atoms with Gasteiger partial charge in [0.2, 0.25) is 0 Å². The molecule has 0 saturated heterocycles. The topological polar surface area (TPSA) is 36.4 Å². The zero-order valence-electron chi connectivity index (χ0n) is 7.54. The van der Waals surface area contributed by atoms with Crippen molar-refractivity contribution in [3.63, 3.8) is 0 Å². The smallest absolute Gasteiger partial charge is 0.148 e. The summed E-state index contributed by atoms with van der Waals surface area (Å²) in [6.45, 7) is 7.71. The molecule has 0 fully saturated rings. The van der Waals surface area contributed by atoms with Crippen molar-refractivity contribution >= 4 is 6.34 Å². The number of hydrogen-bond acceptors (Lipinski definition) is 3. The summed E-state index contributed by atoms with van der Waals surface area (Å²) in [6, 6.07) is 0.312. The standard InChI is InChI=1S/C9H15N3/c1-4-5-6-11-9(3)8(2)10-7-12-9/h4-8,11H,1H2,2-3H3,(H,10,12)/b6-5-/t8-,9?/m1/s1. The van der Waals surface area contributed by atoms with Gasteiger partial charge in [0.1, 0.15) is 5.66 Å². The third-order valence-corrected chi connectivity index (χ3v) is 2.11. The lowest BCUT2D eigenvalue weighted by Crippen LogP contribution is -2.48. The van der Waals surface area contributed by atoms with Crippen LogP contribution in [0.2, 0.25) is 0 Å². The normalized spacial score (nSPS) is 33.7. The monoisotopic (exact) mass is 165 g/mol. The molecule has 1 heterocycles. The van der Waals surface area contributed by atoms with E-state index in [0.29, 0.717) is 6.04 Å². The zero-order chi connectivity index (χ0) is 9.03. The van der Waals surface area contributed by atoms with Crippen LogP contribution in [0.4, 0.5) is 0 Å². The highest BCUT2D eigenvalue weighted by molar-refractivity contribution is 5.59. The Morgan fingerprint density at radius 2 is 2.50 bits per heavy atom.